The smallest absolute Gasteiger partial charge is 0.322 e. The fraction of sp³-hybridized carbons (Fsp3) is 0.350. The summed E-state index contributed by atoms with van der Waals surface area (Å²) < 4.78 is 32.9. The first-order chi connectivity index (χ1) is 13.1. The SMILES string of the molecule is O=C(Nc1c(F)cccc1F)N1CCN(Cc2ccc3c(c2)CCO3)CC1. The van der Waals surface area contributed by atoms with E-state index < -0.39 is 23.4 Å². The van der Waals surface area contributed by atoms with E-state index in [4.69, 9.17) is 4.74 Å². The molecule has 2 aromatic rings. The summed E-state index contributed by atoms with van der Waals surface area (Å²) in [6.07, 6.45) is 0.948. The van der Waals surface area contributed by atoms with Crippen molar-refractivity contribution in [2.24, 2.45) is 0 Å². The van der Waals surface area contributed by atoms with Gasteiger partial charge in [-0.05, 0) is 29.3 Å². The van der Waals surface area contributed by atoms with Crippen molar-refractivity contribution in [3.05, 3.63) is 59.2 Å². The number of anilines is 1. The molecule has 1 saturated heterocycles. The van der Waals surface area contributed by atoms with Crippen LogP contribution in [0.5, 0.6) is 5.75 Å². The van der Waals surface area contributed by atoms with E-state index >= 15 is 0 Å². The molecular weight excluding hydrogens is 352 g/mol. The Kier molecular flexibility index (Phi) is 4.94. The summed E-state index contributed by atoms with van der Waals surface area (Å²) in [5, 5.41) is 2.35. The van der Waals surface area contributed by atoms with Gasteiger partial charge in [0.05, 0.1) is 6.61 Å². The number of benzene rings is 2. The number of piperazine rings is 1. The Labute approximate surface area is 156 Å². The molecule has 142 valence electrons. The quantitative estimate of drug-likeness (QED) is 0.898. The lowest BCUT2D eigenvalue weighted by molar-refractivity contribution is 0.143. The van der Waals surface area contributed by atoms with E-state index in [2.05, 4.69) is 22.3 Å². The molecule has 0 aliphatic carbocycles. The minimum atomic E-state index is -0.775. The van der Waals surface area contributed by atoms with Gasteiger partial charge in [-0.15, -0.1) is 0 Å². The van der Waals surface area contributed by atoms with E-state index in [0.717, 1.165) is 37.5 Å². The van der Waals surface area contributed by atoms with Crippen molar-refractivity contribution >= 4 is 11.7 Å². The average molecular weight is 373 g/mol. The third-order valence-corrected chi connectivity index (χ3v) is 5.01. The zero-order valence-electron chi connectivity index (χ0n) is 14.9. The summed E-state index contributed by atoms with van der Waals surface area (Å²) in [6, 6.07) is 9.31. The van der Waals surface area contributed by atoms with Crippen LogP contribution >= 0.6 is 0 Å². The highest BCUT2D eigenvalue weighted by molar-refractivity contribution is 5.89. The molecule has 2 aliphatic rings. The van der Waals surface area contributed by atoms with E-state index in [9.17, 15) is 13.6 Å². The highest BCUT2D eigenvalue weighted by Crippen LogP contribution is 2.26. The fourth-order valence-corrected chi connectivity index (χ4v) is 3.51. The summed E-state index contributed by atoms with van der Waals surface area (Å²) in [4.78, 5) is 16.2. The van der Waals surface area contributed by atoms with Gasteiger partial charge < -0.3 is 15.0 Å². The van der Waals surface area contributed by atoms with Crippen LogP contribution in [0.4, 0.5) is 19.3 Å². The highest BCUT2D eigenvalue weighted by atomic mass is 19.1. The Morgan fingerprint density at radius 1 is 1.07 bits per heavy atom. The van der Waals surface area contributed by atoms with Crippen molar-refractivity contribution in [3.8, 4) is 5.75 Å². The molecule has 0 radical (unpaired) electrons. The van der Waals surface area contributed by atoms with Gasteiger partial charge in [0.2, 0.25) is 0 Å². The number of hydrogen-bond donors (Lipinski definition) is 1. The molecule has 4 rings (SSSR count). The molecule has 1 fully saturated rings. The summed E-state index contributed by atoms with van der Waals surface area (Å²) in [6.45, 7) is 3.99. The van der Waals surface area contributed by atoms with Crippen LogP contribution in [0, 0.1) is 11.6 Å². The molecule has 0 atom stereocenters. The molecule has 1 N–H and O–H groups in total. The monoisotopic (exact) mass is 373 g/mol. The van der Waals surface area contributed by atoms with Crippen LogP contribution in [0.2, 0.25) is 0 Å². The molecule has 2 aliphatic heterocycles. The minimum absolute atomic E-state index is 0.398. The molecule has 0 spiro atoms. The lowest BCUT2D eigenvalue weighted by atomic mass is 10.1. The molecule has 0 unspecified atom stereocenters. The third-order valence-electron chi connectivity index (χ3n) is 5.01. The van der Waals surface area contributed by atoms with Gasteiger partial charge in [0.1, 0.15) is 23.1 Å². The number of fused-ring (bicyclic) bond motifs is 1. The number of hydrogen-bond acceptors (Lipinski definition) is 3. The number of nitrogens with one attached hydrogen (secondary N) is 1. The van der Waals surface area contributed by atoms with Gasteiger partial charge in [-0.3, -0.25) is 4.90 Å². The topological polar surface area (TPSA) is 44.8 Å². The predicted octanol–water partition coefficient (Wildman–Crippen LogP) is 3.25. The van der Waals surface area contributed by atoms with Crippen LogP contribution in [0.1, 0.15) is 11.1 Å². The Balaban J connectivity index is 1.31. The molecule has 0 aromatic heterocycles. The molecule has 7 heteroatoms. The standard InChI is InChI=1S/C20H21F2N3O2/c21-16-2-1-3-17(22)19(16)23-20(26)25-9-7-24(8-10-25)13-14-4-5-18-15(12-14)6-11-27-18/h1-5,12H,6-11,13H2,(H,23,26). The van der Waals surface area contributed by atoms with Crippen LogP contribution in [-0.4, -0.2) is 48.6 Å². The van der Waals surface area contributed by atoms with Crippen LogP contribution in [0.3, 0.4) is 0 Å². The summed E-state index contributed by atoms with van der Waals surface area (Å²) in [5.41, 5.74) is 2.08. The van der Waals surface area contributed by atoms with Gasteiger partial charge in [0.15, 0.2) is 0 Å². The third kappa shape index (κ3) is 3.88. The lowest BCUT2D eigenvalue weighted by Crippen LogP contribution is -2.49. The lowest BCUT2D eigenvalue weighted by Gasteiger charge is -2.34. The van der Waals surface area contributed by atoms with Gasteiger partial charge in [0.25, 0.3) is 0 Å². The summed E-state index contributed by atoms with van der Waals surface area (Å²) in [5.74, 6) is -0.578. The van der Waals surface area contributed by atoms with Crippen molar-refractivity contribution < 1.29 is 18.3 Å². The number of carbonyl (C=O) groups excluding carboxylic acids is 1. The molecule has 2 amide bonds. The molecule has 2 heterocycles. The molecule has 0 saturated carbocycles. The predicted molar refractivity (Wildman–Crippen MR) is 97.9 cm³/mol. The number of halogens is 2. The first kappa shape index (κ1) is 17.7. The largest absolute Gasteiger partial charge is 0.493 e. The Morgan fingerprint density at radius 2 is 1.81 bits per heavy atom. The maximum absolute atomic E-state index is 13.7. The maximum Gasteiger partial charge on any atom is 0.322 e. The van der Waals surface area contributed by atoms with Gasteiger partial charge in [-0.25, -0.2) is 13.6 Å². The molecule has 0 bridgehead atoms. The normalized spacial score (nSPS) is 16.7. The number of ether oxygens (including phenoxy) is 1. The van der Waals surface area contributed by atoms with Gasteiger partial charge >= 0.3 is 6.03 Å². The second-order valence-corrected chi connectivity index (χ2v) is 6.83. The van der Waals surface area contributed by atoms with Crippen molar-refractivity contribution in [1.29, 1.82) is 0 Å². The van der Waals surface area contributed by atoms with Crippen LogP contribution in [0.15, 0.2) is 36.4 Å². The van der Waals surface area contributed by atoms with Crippen LogP contribution in [0.25, 0.3) is 0 Å². The van der Waals surface area contributed by atoms with Gasteiger partial charge in [-0.1, -0.05) is 18.2 Å². The zero-order valence-corrected chi connectivity index (χ0v) is 14.9. The number of carbonyl (C=O) groups is 1. The molecule has 5 nitrogen and oxygen atoms in total. The Bertz CT molecular complexity index is 831. The first-order valence-electron chi connectivity index (χ1n) is 9.07. The van der Waals surface area contributed by atoms with Crippen molar-refractivity contribution in [3.63, 3.8) is 0 Å². The molecular formula is C20H21F2N3O2. The number of rotatable bonds is 3. The summed E-state index contributed by atoms with van der Waals surface area (Å²) in [7, 11) is 0. The van der Waals surface area contributed by atoms with E-state index in [1.54, 1.807) is 4.90 Å². The van der Waals surface area contributed by atoms with E-state index in [1.165, 1.54) is 17.2 Å². The van der Waals surface area contributed by atoms with Crippen molar-refractivity contribution in [1.82, 2.24) is 9.80 Å². The fourth-order valence-electron chi connectivity index (χ4n) is 3.51. The molecule has 27 heavy (non-hydrogen) atoms. The maximum atomic E-state index is 13.7. The van der Waals surface area contributed by atoms with E-state index in [1.807, 2.05) is 6.07 Å². The van der Waals surface area contributed by atoms with Crippen molar-refractivity contribution in [2.45, 2.75) is 13.0 Å². The zero-order chi connectivity index (χ0) is 18.8. The average Bonchev–Trinajstić information content (AvgIpc) is 3.13. The number of para-hydroxylation sites is 1. The number of amides is 2. The Hall–Kier alpha value is -2.67. The van der Waals surface area contributed by atoms with Crippen LogP contribution in [-0.2, 0) is 13.0 Å². The van der Waals surface area contributed by atoms with E-state index in [-0.39, 0.29) is 0 Å². The minimum Gasteiger partial charge on any atom is -0.493 e. The second-order valence-electron chi connectivity index (χ2n) is 6.83. The second kappa shape index (κ2) is 7.52. The molecule has 2 aromatic carbocycles. The van der Waals surface area contributed by atoms with Gasteiger partial charge in [-0.2, -0.15) is 0 Å². The van der Waals surface area contributed by atoms with Crippen LogP contribution < -0.4 is 10.1 Å². The van der Waals surface area contributed by atoms with Gasteiger partial charge in [0, 0.05) is 39.1 Å². The van der Waals surface area contributed by atoms with Crippen molar-refractivity contribution in [2.75, 3.05) is 38.1 Å². The first-order valence-corrected chi connectivity index (χ1v) is 9.07. The number of nitrogens with zero attached hydrogens (tertiary/aromatic N) is 2. The highest BCUT2D eigenvalue weighted by Gasteiger charge is 2.23. The Morgan fingerprint density at radius 3 is 2.56 bits per heavy atom. The number of urea groups is 1. The summed E-state index contributed by atoms with van der Waals surface area (Å²) >= 11 is 0. The van der Waals surface area contributed by atoms with E-state index in [0.29, 0.717) is 26.2 Å².